The third-order valence-electron chi connectivity index (χ3n) is 4.11. The number of nitrogens with zero attached hydrogens (tertiary/aromatic N) is 2. The van der Waals surface area contributed by atoms with E-state index in [4.69, 9.17) is 4.74 Å². The predicted molar refractivity (Wildman–Crippen MR) is 106 cm³/mol. The lowest BCUT2D eigenvalue weighted by atomic mass is 10.2. The van der Waals surface area contributed by atoms with Crippen molar-refractivity contribution in [1.82, 2.24) is 4.90 Å². The van der Waals surface area contributed by atoms with Gasteiger partial charge in [0.1, 0.15) is 11.4 Å². The van der Waals surface area contributed by atoms with E-state index in [-0.39, 0.29) is 25.2 Å². The van der Waals surface area contributed by atoms with Crippen molar-refractivity contribution in [1.29, 1.82) is 0 Å². The molecule has 7 heteroatoms. The lowest BCUT2D eigenvalue weighted by Crippen LogP contribution is -2.34. The standard InChI is InChI=1S/C20H22N2O4S/c1-13(2)26-15-8-6-14(7-9-15)22-19(24)17(16-5-4-12-27-16)18(20(22)25)21(3)10-11-23/h4-9,12-13,23H,10-11H2,1-3H3. The summed E-state index contributed by atoms with van der Waals surface area (Å²) in [5.74, 6) is -0.0754. The number of carbonyl (C=O) groups excluding carboxylic acids is 2. The Labute approximate surface area is 162 Å². The number of imide groups is 1. The second-order valence-corrected chi connectivity index (χ2v) is 7.40. The van der Waals surface area contributed by atoms with Crippen LogP contribution in [-0.2, 0) is 9.59 Å². The van der Waals surface area contributed by atoms with Crippen molar-refractivity contribution in [2.75, 3.05) is 25.1 Å². The fourth-order valence-corrected chi connectivity index (χ4v) is 3.72. The monoisotopic (exact) mass is 386 g/mol. The first-order valence-corrected chi connectivity index (χ1v) is 9.57. The summed E-state index contributed by atoms with van der Waals surface area (Å²) in [5.41, 5.74) is 1.16. The van der Waals surface area contributed by atoms with Crippen molar-refractivity contribution in [3.63, 3.8) is 0 Å². The number of hydrogen-bond acceptors (Lipinski definition) is 6. The van der Waals surface area contributed by atoms with Gasteiger partial charge in [-0.1, -0.05) is 6.07 Å². The highest BCUT2D eigenvalue weighted by Gasteiger charge is 2.42. The molecule has 2 heterocycles. The highest BCUT2D eigenvalue weighted by Crippen LogP contribution is 2.36. The number of aliphatic hydroxyl groups is 1. The van der Waals surface area contributed by atoms with Gasteiger partial charge >= 0.3 is 0 Å². The molecular formula is C20H22N2O4S. The average molecular weight is 386 g/mol. The normalized spacial score (nSPS) is 14.5. The molecule has 2 amide bonds. The van der Waals surface area contributed by atoms with E-state index in [9.17, 15) is 14.7 Å². The van der Waals surface area contributed by atoms with Crippen LogP contribution in [0.5, 0.6) is 5.75 Å². The second kappa shape index (κ2) is 7.94. The van der Waals surface area contributed by atoms with E-state index in [0.717, 1.165) is 4.88 Å². The highest BCUT2D eigenvalue weighted by molar-refractivity contribution is 7.11. The SMILES string of the molecule is CC(C)Oc1ccc(N2C(=O)C(c3cccs3)=C(N(C)CCO)C2=O)cc1. The summed E-state index contributed by atoms with van der Waals surface area (Å²) in [6.07, 6.45) is 0.0386. The van der Waals surface area contributed by atoms with Crippen LogP contribution < -0.4 is 9.64 Å². The molecule has 0 atom stereocenters. The van der Waals surface area contributed by atoms with Gasteiger partial charge in [-0.2, -0.15) is 0 Å². The molecule has 0 saturated carbocycles. The van der Waals surface area contributed by atoms with Crippen LogP contribution in [0.3, 0.4) is 0 Å². The number of anilines is 1. The van der Waals surface area contributed by atoms with Crippen LogP contribution >= 0.6 is 11.3 Å². The Kier molecular flexibility index (Phi) is 5.62. The summed E-state index contributed by atoms with van der Waals surface area (Å²) < 4.78 is 5.62. The van der Waals surface area contributed by atoms with Crippen molar-refractivity contribution in [2.45, 2.75) is 20.0 Å². The van der Waals surface area contributed by atoms with Gasteiger partial charge in [-0.3, -0.25) is 9.59 Å². The summed E-state index contributed by atoms with van der Waals surface area (Å²) in [5, 5.41) is 11.1. The lowest BCUT2D eigenvalue weighted by Gasteiger charge is -2.20. The Hall–Kier alpha value is -2.64. The molecule has 2 aromatic rings. The lowest BCUT2D eigenvalue weighted by molar-refractivity contribution is -0.120. The summed E-state index contributed by atoms with van der Waals surface area (Å²) in [7, 11) is 1.70. The van der Waals surface area contributed by atoms with E-state index in [1.54, 1.807) is 36.2 Å². The highest BCUT2D eigenvalue weighted by atomic mass is 32.1. The summed E-state index contributed by atoms with van der Waals surface area (Å²) in [4.78, 5) is 29.8. The Morgan fingerprint density at radius 2 is 1.85 bits per heavy atom. The van der Waals surface area contributed by atoms with Crippen LogP contribution in [0, 0.1) is 0 Å². The summed E-state index contributed by atoms with van der Waals surface area (Å²) in [6, 6.07) is 10.6. The predicted octanol–water partition coefficient (Wildman–Crippen LogP) is 2.74. The Bertz CT molecular complexity index is 857. The zero-order chi connectivity index (χ0) is 19.6. The van der Waals surface area contributed by atoms with Gasteiger partial charge in [0.15, 0.2) is 0 Å². The zero-order valence-corrected chi connectivity index (χ0v) is 16.3. The third-order valence-corrected chi connectivity index (χ3v) is 5.00. The fraction of sp³-hybridized carbons (Fsp3) is 0.300. The number of hydrogen-bond donors (Lipinski definition) is 1. The van der Waals surface area contributed by atoms with Gasteiger partial charge in [0.2, 0.25) is 0 Å². The molecule has 0 spiro atoms. The number of carbonyl (C=O) groups is 2. The molecule has 1 aromatic heterocycles. The van der Waals surface area contributed by atoms with Crippen LogP contribution in [0.15, 0.2) is 47.5 Å². The molecule has 0 bridgehead atoms. The zero-order valence-electron chi connectivity index (χ0n) is 15.5. The first-order valence-electron chi connectivity index (χ1n) is 8.69. The van der Waals surface area contributed by atoms with Crippen LogP contribution in [0.4, 0.5) is 5.69 Å². The fourth-order valence-electron chi connectivity index (χ4n) is 2.96. The molecule has 0 saturated heterocycles. The molecule has 0 fully saturated rings. The largest absolute Gasteiger partial charge is 0.491 e. The van der Waals surface area contributed by atoms with Crippen molar-refractivity contribution in [2.24, 2.45) is 0 Å². The first-order chi connectivity index (χ1) is 12.9. The molecule has 1 N–H and O–H groups in total. The van der Waals surface area contributed by atoms with Crippen LogP contribution in [0.1, 0.15) is 18.7 Å². The van der Waals surface area contributed by atoms with Crippen molar-refractivity contribution < 1.29 is 19.4 Å². The van der Waals surface area contributed by atoms with Gasteiger partial charge in [0.25, 0.3) is 11.8 Å². The maximum Gasteiger partial charge on any atom is 0.282 e. The number of amides is 2. The summed E-state index contributed by atoms with van der Waals surface area (Å²) in [6.45, 7) is 4.02. The molecule has 0 radical (unpaired) electrons. The van der Waals surface area contributed by atoms with E-state index < -0.39 is 5.91 Å². The minimum atomic E-state index is -0.392. The maximum atomic E-state index is 13.1. The van der Waals surface area contributed by atoms with Gasteiger partial charge in [-0.25, -0.2) is 4.90 Å². The molecule has 1 aromatic carbocycles. The molecule has 142 valence electrons. The smallest absolute Gasteiger partial charge is 0.282 e. The van der Waals surface area contributed by atoms with Gasteiger partial charge in [-0.15, -0.1) is 11.3 Å². The number of rotatable bonds is 7. The van der Waals surface area contributed by atoms with E-state index in [1.165, 1.54) is 16.2 Å². The minimum absolute atomic E-state index is 0.0386. The Balaban J connectivity index is 1.98. The second-order valence-electron chi connectivity index (χ2n) is 6.45. The quantitative estimate of drug-likeness (QED) is 0.741. The number of aliphatic hydroxyl groups excluding tert-OH is 1. The van der Waals surface area contributed by atoms with Gasteiger partial charge in [0.05, 0.1) is 24.0 Å². The van der Waals surface area contributed by atoms with Crippen molar-refractivity contribution in [3.05, 3.63) is 52.4 Å². The molecule has 1 aliphatic heterocycles. The van der Waals surface area contributed by atoms with Crippen molar-refractivity contribution >= 4 is 34.4 Å². The molecule has 27 heavy (non-hydrogen) atoms. The number of likely N-dealkylation sites (N-methyl/N-ethyl adjacent to an activating group) is 1. The maximum absolute atomic E-state index is 13.1. The van der Waals surface area contributed by atoms with E-state index >= 15 is 0 Å². The number of benzene rings is 1. The average Bonchev–Trinajstić information content (AvgIpc) is 3.22. The molecule has 0 unspecified atom stereocenters. The van der Waals surface area contributed by atoms with Gasteiger partial charge in [0, 0.05) is 18.5 Å². The third kappa shape index (κ3) is 3.74. The van der Waals surface area contributed by atoms with E-state index in [2.05, 4.69) is 0 Å². The Morgan fingerprint density at radius 1 is 1.15 bits per heavy atom. The van der Waals surface area contributed by atoms with Crippen LogP contribution in [0.2, 0.25) is 0 Å². The molecule has 0 aliphatic carbocycles. The topological polar surface area (TPSA) is 70.1 Å². The molecule has 6 nitrogen and oxygen atoms in total. The first kappa shape index (κ1) is 19.1. The molecule has 3 rings (SSSR count). The van der Waals surface area contributed by atoms with Crippen molar-refractivity contribution in [3.8, 4) is 5.75 Å². The van der Waals surface area contributed by atoms with Crippen LogP contribution in [-0.4, -0.2) is 48.1 Å². The van der Waals surface area contributed by atoms with Gasteiger partial charge in [-0.05, 0) is 49.6 Å². The van der Waals surface area contributed by atoms with Crippen LogP contribution in [0.25, 0.3) is 5.57 Å². The molecule has 1 aliphatic rings. The summed E-state index contributed by atoms with van der Waals surface area (Å²) >= 11 is 1.40. The minimum Gasteiger partial charge on any atom is -0.491 e. The van der Waals surface area contributed by atoms with E-state index in [1.807, 2.05) is 31.4 Å². The van der Waals surface area contributed by atoms with E-state index in [0.29, 0.717) is 22.7 Å². The number of thiophene rings is 1. The Morgan fingerprint density at radius 3 is 2.41 bits per heavy atom. The molecular weight excluding hydrogens is 364 g/mol. The van der Waals surface area contributed by atoms with Gasteiger partial charge < -0.3 is 14.7 Å². The number of ether oxygens (including phenoxy) is 1.